The number of carbonyl (C=O) groups is 2. The third-order valence-electron chi connectivity index (χ3n) is 4.48. The zero-order valence-electron chi connectivity index (χ0n) is 14.3. The van der Waals surface area contributed by atoms with Crippen molar-refractivity contribution in [3.8, 4) is 0 Å². The van der Waals surface area contributed by atoms with Crippen molar-refractivity contribution in [3.05, 3.63) is 59.7 Å². The average molecular weight is 337 g/mol. The number of nitrogens with one attached hydrogen (secondary N) is 3. The Kier molecular flexibility index (Phi) is 5.46. The molecule has 0 aliphatic carbocycles. The number of anilines is 2. The van der Waals surface area contributed by atoms with Gasteiger partial charge < -0.3 is 16.0 Å². The van der Waals surface area contributed by atoms with Crippen LogP contribution >= 0.6 is 0 Å². The van der Waals surface area contributed by atoms with Crippen LogP contribution in [0.1, 0.15) is 35.2 Å². The summed E-state index contributed by atoms with van der Waals surface area (Å²) in [5.74, 6) is -0.208. The van der Waals surface area contributed by atoms with Crippen molar-refractivity contribution < 1.29 is 9.59 Å². The Morgan fingerprint density at radius 3 is 2.60 bits per heavy atom. The molecule has 3 N–H and O–H groups in total. The van der Waals surface area contributed by atoms with Crippen LogP contribution in [0.3, 0.4) is 0 Å². The van der Waals surface area contributed by atoms with E-state index in [1.807, 2.05) is 43.3 Å². The molecule has 1 heterocycles. The lowest BCUT2D eigenvalue weighted by Gasteiger charge is -2.14. The first kappa shape index (κ1) is 17.2. The second-order valence-corrected chi connectivity index (χ2v) is 6.34. The van der Waals surface area contributed by atoms with Gasteiger partial charge in [-0.3, -0.25) is 9.59 Å². The second kappa shape index (κ2) is 7.94. The third-order valence-corrected chi connectivity index (χ3v) is 4.48. The maximum absolute atomic E-state index is 12.5. The van der Waals surface area contributed by atoms with E-state index in [0.717, 1.165) is 30.6 Å². The number of hydrogen-bond acceptors (Lipinski definition) is 3. The van der Waals surface area contributed by atoms with Crippen LogP contribution in [0.25, 0.3) is 0 Å². The van der Waals surface area contributed by atoms with Gasteiger partial charge in [-0.15, -0.1) is 0 Å². The summed E-state index contributed by atoms with van der Waals surface area (Å²) < 4.78 is 0. The molecule has 1 saturated heterocycles. The van der Waals surface area contributed by atoms with E-state index in [0.29, 0.717) is 17.7 Å². The molecule has 0 radical (unpaired) electrons. The van der Waals surface area contributed by atoms with Crippen molar-refractivity contribution in [2.75, 3.05) is 17.2 Å². The fraction of sp³-hybridized carbons (Fsp3) is 0.300. The van der Waals surface area contributed by atoms with Gasteiger partial charge in [-0.25, -0.2) is 0 Å². The van der Waals surface area contributed by atoms with Gasteiger partial charge in [-0.1, -0.05) is 24.3 Å². The van der Waals surface area contributed by atoms with E-state index in [9.17, 15) is 9.59 Å². The number of rotatable bonds is 5. The SMILES string of the molecule is Cc1c(NC(=O)CC2CCCN2)cccc1C(=O)Nc1ccccc1. The minimum absolute atomic E-state index is 0.0249. The van der Waals surface area contributed by atoms with Gasteiger partial charge in [0.2, 0.25) is 5.91 Å². The van der Waals surface area contributed by atoms with Gasteiger partial charge in [0.25, 0.3) is 5.91 Å². The zero-order valence-corrected chi connectivity index (χ0v) is 14.3. The molecule has 1 aliphatic rings. The van der Waals surface area contributed by atoms with E-state index >= 15 is 0 Å². The van der Waals surface area contributed by atoms with Gasteiger partial charge in [0.15, 0.2) is 0 Å². The van der Waals surface area contributed by atoms with Gasteiger partial charge in [-0.2, -0.15) is 0 Å². The van der Waals surface area contributed by atoms with Crippen LogP contribution in [-0.4, -0.2) is 24.4 Å². The topological polar surface area (TPSA) is 70.2 Å². The maximum atomic E-state index is 12.5. The van der Waals surface area contributed by atoms with Crippen LogP contribution in [0, 0.1) is 6.92 Å². The molecule has 3 rings (SSSR count). The predicted molar refractivity (Wildman–Crippen MR) is 99.8 cm³/mol. The monoisotopic (exact) mass is 337 g/mol. The molecular formula is C20H23N3O2. The van der Waals surface area contributed by atoms with Gasteiger partial charge in [0.1, 0.15) is 0 Å². The van der Waals surface area contributed by atoms with Crippen molar-refractivity contribution in [2.24, 2.45) is 0 Å². The third kappa shape index (κ3) is 4.45. The van der Waals surface area contributed by atoms with E-state index in [4.69, 9.17) is 0 Å². The molecule has 2 aromatic rings. The van der Waals surface area contributed by atoms with Gasteiger partial charge in [0.05, 0.1) is 0 Å². The van der Waals surface area contributed by atoms with Crippen LogP contribution in [0.5, 0.6) is 0 Å². The molecule has 1 fully saturated rings. The minimum Gasteiger partial charge on any atom is -0.326 e. The molecule has 1 unspecified atom stereocenters. The Morgan fingerprint density at radius 1 is 1.08 bits per heavy atom. The number of hydrogen-bond donors (Lipinski definition) is 3. The molecule has 1 atom stereocenters. The molecule has 2 amide bonds. The Morgan fingerprint density at radius 2 is 1.88 bits per heavy atom. The summed E-state index contributed by atoms with van der Waals surface area (Å²) in [6.07, 6.45) is 2.61. The van der Waals surface area contributed by atoms with E-state index in [1.54, 1.807) is 12.1 Å². The van der Waals surface area contributed by atoms with Crippen LogP contribution < -0.4 is 16.0 Å². The summed E-state index contributed by atoms with van der Waals surface area (Å²) >= 11 is 0. The van der Waals surface area contributed by atoms with Crippen molar-refractivity contribution in [1.82, 2.24) is 5.32 Å². The summed E-state index contributed by atoms with van der Waals surface area (Å²) in [6.45, 7) is 2.83. The van der Waals surface area contributed by atoms with Crippen LogP contribution in [-0.2, 0) is 4.79 Å². The second-order valence-electron chi connectivity index (χ2n) is 6.34. The van der Waals surface area contributed by atoms with Crippen molar-refractivity contribution in [1.29, 1.82) is 0 Å². The molecule has 1 aliphatic heterocycles. The molecule has 5 heteroatoms. The normalized spacial score (nSPS) is 16.4. The van der Waals surface area contributed by atoms with Crippen molar-refractivity contribution in [3.63, 3.8) is 0 Å². The highest BCUT2D eigenvalue weighted by molar-refractivity contribution is 6.06. The first-order chi connectivity index (χ1) is 12.1. The van der Waals surface area contributed by atoms with E-state index in [-0.39, 0.29) is 17.9 Å². The lowest BCUT2D eigenvalue weighted by molar-refractivity contribution is -0.116. The Bertz CT molecular complexity index is 753. The number of amides is 2. The maximum Gasteiger partial charge on any atom is 0.256 e. The summed E-state index contributed by atoms with van der Waals surface area (Å²) in [5.41, 5.74) is 2.75. The quantitative estimate of drug-likeness (QED) is 0.784. The first-order valence-electron chi connectivity index (χ1n) is 8.63. The Labute approximate surface area is 147 Å². The van der Waals surface area contributed by atoms with E-state index in [1.165, 1.54) is 0 Å². The number of carbonyl (C=O) groups excluding carboxylic acids is 2. The van der Waals surface area contributed by atoms with E-state index < -0.39 is 0 Å². The number of para-hydroxylation sites is 1. The molecule has 0 aromatic heterocycles. The Hall–Kier alpha value is -2.66. The van der Waals surface area contributed by atoms with Gasteiger partial charge in [-0.05, 0) is 56.1 Å². The lowest BCUT2D eigenvalue weighted by Crippen LogP contribution is -2.27. The Balaban J connectivity index is 1.68. The fourth-order valence-electron chi connectivity index (χ4n) is 3.09. The summed E-state index contributed by atoms with van der Waals surface area (Å²) in [6, 6.07) is 15.0. The molecule has 0 bridgehead atoms. The summed E-state index contributed by atoms with van der Waals surface area (Å²) in [4.78, 5) is 24.8. The minimum atomic E-state index is -0.183. The smallest absolute Gasteiger partial charge is 0.256 e. The highest BCUT2D eigenvalue weighted by atomic mass is 16.2. The lowest BCUT2D eigenvalue weighted by atomic mass is 10.1. The predicted octanol–water partition coefficient (Wildman–Crippen LogP) is 3.33. The van der Waals surface area contributed by atoms with Gasteiger partial charge in [0, 0.05) is 29.4 Å². The average Bonchev–Trinajstić information content (AvgIpc) is 3.10. The van der Waals surface area contributed by atoms with Crippen LogP contribution in [0.2, 0.25) is 0 Å². The fourth-order valence-corrected chi connectivity index (χ4v) is 3.09. The van der Waals surface area contributed by atoms with Crippen LogP contribution in [0.15, 0.2) is 48.5 Å². The van der Waals surface area contributed by atoms with Crippen molar-refractivity contribution in [2.45, 2.75) is 32.2 Å². The molecule has 2 aromatic carbocycles. The van der Waals surface area contributed by atoms with Crippen LogP contribution in [0.4, 0.5) is 11.4 Å². The standard InChI is InChI=1S/C20H23N3O2/c1-14-17(20(25)22-15-7-3-2-4-8-15)10-5-11-18(14)23-19(24)13-16-9-6-12-21-16/h2-5,7-8,10-11,16,21H,6,9,12-13H2,1H3,(H,22,25)(H,23,24). The number of benzene rings is 2. The summed E-state index contributed by atoms with van der Waals surface area (Å²) in [5, 5.41) is 9.13. The highest BCUT2D eigenvalue weighted by Crippen LogP contribution is 2.21. The van der Waals surface area contributed by atoms with Gasteiger partial charge >= 0.3 is 0 Å². The van der Waals surface area contributed by atoms with E-state index in [2.05, 4.69) is 16.0 Å². The first-order valence-corrected chi connectivity index (χ1v) is 8.63. The molecular weight excluding hydrogens is 314 g/mol. The largest absolute Gasteiger partial charge is 0.326 e. The molecule has 5 nitrogen and oxygen atoms in total. The van der Waals surface area contributed by atoms with Crippen molar-refractivity contribution >= 4 is 23.2 Å². The molecule has 130 valence electrons. The highest BCUT2D eigenvalue weighted by Gasteiger charge is 2.19. The molecule has 0 spiro atoms. The molecule has 25 heavy (non-hydrogen) atoms. The molecule has 0 saturated carbocycles. The zero-order chi connectivity index (χ0) is 17.6. The summed E-state index contributed by atoms with van der Waals surface area (Å²) in [7, 11) is 0.